The maximum absolute atomic E-state index is 11.5. The number of sulfonamides is 1. The molecule has 1 rings (SSSR count). The maximum atomic E-state index is 11.5. The summed E-state index contributed by atoms with van der Waals surface area (Å²) in [7, 11) is -3.52. The van der Waals surface area contributed by atoms with Gasteiger partial charge in [0, 0.05) is 13.4 Å². The molecule has 4 nitrogen and oxygen atoms in total. The van der Waals surface area contributed by atoms with Crippen molar-refractivity contribution in [3.8, 4) is 0 Å². The Hall–Kier alpha value is 0.370. The predicted molar refractivity (Wildman–Crippen MR) is 74.0 cm³/mol. The quantitative estimate of drug-likeness (QED) is 0.761. The van der Waals surface area contributed by atoms with Gasteiger partial charge < -0.3 is 5.11 Å². The van der Waals surface area contributed by atoms with E-state index in [0.29, 0.717) is 14.6 Å². The molecule has 1 aromatic carbocycles. The molecule has 0 saturated heterocycles. The molecule has 0 unspecified atom stereocenters. The van der Waals surface area contributed by atoms with Gasteiger partial charge in [-0.3, -0.25) is 4.72 Å². The molecule has 0 radical (unpaired) electrons. The fourth-order valence-corrected chi connectivity index (χ4v) is 4.56. The van der Waals surface area contributed by atoms with Gasteiger partial charge in [0.1, 0.15) is 0 Å². The van der Waals surface area contributed by atoms with E-state index in [1.807, 2.05) is 0 Å². The molecule has 2 N–H and O–H groups in total. The van der Waals surface area contributed by atoms with Crippen molar-refractivity contribution in [1.29, 1.82) is 0 Å². The van der Waals surface area contributed by atoms with E-state index >= 15 is 0 Å². The Morgan fingerprint density at radius 1 is 1.19 bits per heavy atom. The molecule has 0 aliphatic rings. The Balaban J connectivity index is 3.07. The van der Waals surface area contributed by atoms with E-state index in [2.05, 4.69) is 52.5 Å². The molecule has 0 aliphatic heterocycles. The highest BCUT2D eigenvalue weighted by atomic mass is 79.9. The highest BCUT2D eigenvalue weighted by Crippen LogP contribution is 2.34. The molecule has 0 aliphatic carbocycles. The van der Waals surface area contributed by atoms with Crippen LogP contribution in [0.5, 0.6) is 0 Å². The lowest BCUT2D eigenvalue weighted by molar-refractivity contribution is 0.320. The summed E-state index contributed by atoms with van der Waals surface area (Å²) in [6.45, 7) is -0.416. The molecular weight excluding hydrogens is 430 g/mol. The average molecular weight is 438 g/mol. The number of anilines is 1. The summed E-state index contributed by atoms with van der Waals surface area (Å²) in [5.74, 6) is -0.331. The van der Waals surface area contributed by atoms with Gasteiger partial charge in [-0.2, -0.15) is 0 Å². The minimum Gasteiger partial charge on any atom is -0.395 e. The number of benzene rings is 1. The number of hydrogen-bond donors (Lipinski definition) is 2. The second-order valence-corrected chi connectivity index (χ2v) is 7.36. The van der Waals surface area contributed by atoms with Crippen LogP contribution in [0.2, 0.25) is 0 Å². The van der Waals surface area contributed by atoms with E-state index in [1.165, 1.54) is 0 Å². The molecule has 0 heterocycles. The molecule has 0 aromatic heterocycles. The van der Waals surface area contributed by atoms with E-state index in [4.69, 9.17) is 5.11 Å². The first kappa shape index (κ1) is 14.4. The third-order valence-electron chi connectivity index (χ3n) is 1.62. The van der Waals surface area contributed by atoms with Gasteiger partial charge >= 0.3 is 0 Å². The van der Waals surface area contributed by atoms with Crippen molar-refractivity contribution < 1.29 is 13.5 Å². The van der Waals surface area contributed by atoms with Crippen molar-refractivity contribution >= 4 is 63.5 Å². The Bertz CT molecular complexity index is 466. The van der Waals surface area contributed by atoms with Crippen molar-refractivity contribution in [2.75, 3.05) is 17.1 Å². The second kappa shape index (κ2) is 5.81. The molecule has 90 valence electrons. The average Bonchev–Trinajstić information content (AvgIpc) is 2.11. The molecule has 0 fully saturated rings. The molecule has 0 bridgehead atoms. The SMILES string of the molecule is O=S(=O)(CCO)Nc1c(Br)cc(Br)cc1Br. The van der Waals surface area contributed by atoms with E-state index in [1.54, 1.807) is 12.1 Å². The van der Waals surface area contributed by atoms with E-state index < -0.39 is 16.6 Å². The molecule has 0 atom stereocenters. The van der Waals surface area contributed by atoms with Crippen LogP contribution in [0.3, 0.4) is 0 Å². The third-order valence-corrected chi connectivity index (χ3v) is 4.57. The van der Waals surface area contributed by atoms with Gasteiger partial charge in [-0.25, -0.2) is 8.42 Å². The monoisotopic (exact) mass is 435 g/mol. The number of hydrogen-bond acceptors (Lipinski definition) is 3. The summed E-state index contributed by atoms with van der Waals surface area (Å²) < 4.78 is 27.3. The summed E-state index contributed by atoms with van der Waals surface area (Å²) in [4.78, 5) is 0. The minimum absolute atomic E-state index is 0.331. The summed E-state index contributed by atoms with van der Waals surface area (Å²) in [6, 6.07) is 3.45. The molecule has 8 heteroatoms. The number of aliphatic hydroxyl groups is 1. The van der Waals surface area contributed by atoms with Crippen molar-refractivity contribution in [1.82, 2.24) is 0 Å². The van der Waals surface area contributed by atoms with E-state index in [-0.39, 0.29) is 5.75 Å². The van der Waals surface area contributed by atoms with Crippen LogP contribution in [0.1, 0.15) is 0 Å². The zero-order valence-electron chi connectivity index (χ0n) is 7.87. The highest BCUT2D eigenvalue weighted by molar-refractivity contribution is 9.11. The van der Waals surface area contributed by atoms with E-state index in [0.717, 1.165) is 4.47 Å². The lowest BCUT2D eigenvalue weighted by Crippen LogP contribution is -2.19. The van der Waals surface area contributed by atoms with Gasteiger partial charge in [0.15, 0.2) is 0 Å². The Kier molecular flexibility index (Phi) is 5.24. The molecular formula is C8H8Br3NO3S. The largest absolute Gasteiger partial charge is 0.395 e. The summed E-state index contributed by atoms with van der Waals surface area (Å²) >= 11 is 9.78. The highest BCUT2D eigenvalue weighted by Gasteiger charge is 2.14. The van der Waals surface area contributed by atoms with Gasteiger partial charge in [-0.05, 0) is 44.0 Å². The fourth-order valence-electron chi connectivity index (χ4n) is 0.966. The lowest BCUT2D eigenvalue weighted by atomic mass is 10.3. The Morgan fingerprint density at radius 3 is 2.12 bits per heavy atom. The lowest BCUT2D eigenvalue weighted by Gasteiger charge is -2.11. The first-order valence-corrected chi connectivity index (χ1v) is 8.15. The number of nitrogens with one attached hydrogen (secondary N) is 1. The summed E-state index contributed by atoms with van der Waals surface area (Å²) in [5, 5.41) is 8.61. The van der Waals surface area contributed by atoms with Crippen molar-refractivity contribution in [2.45, 2.75) is 0 Å². The first-order valence-electron chi connectivity index (χ1n) is 4.11. The van der Waals surface area contributed by atoms with Gasteiger partial charge in [0.05, 0.1) is 18.0 Å². The third kappa shape index (κ3) is 3.99. The normalized spacial score (nSPS) is 11.5. The number of aliphatic hydroxyl groups excluding tert-OH is 1. The van der Waals surface area contributed by atoms with Crippen molar-refractivity contribution in [3.63, 3.8) is 0 Å². The van der Waals surface area contributed by atoms with Crippen LogP contribution in [-0.2, 0) is 10.0 Å². The first-order chi connectivity index (χ1) is 7.35. The Morgan fingerprint density at radius 2 is 1.69 bits per heavy atom. The molecule has 0 saturated carbocycles. The minimum atomic E-state index is -3.52. The molecule has 1 aromatic rings. The van der Waals surface area contributed by atoms with Gasteiger partial charge in [0.25, 0.3) is 0 Å². The van der Waals surface area contributed by atoms with Crippen LogP contribution in [0.4, 0.5) is 5.69 Å². The van der Waals surface area contributed by atoms with Gasteiger partial charge in [0.2, 0.25) is 10.0 Å². The number of halogens is 3. The summed E-state index contributed by atoms with van der Waals surface area (Å²) in [6.07, 6.45) is 0. The molecule has 0 spiro atoms. The standard InChI is InChI=1S/C8H8Br3NO3S/c9-5-3-6(10)8(7(11)4-5)12-16(14,15)2-1-13/h3-4,12-13H,1-2H2. The maximum Gasteiger partial charge on any atom is 0.235 e. The van der Waals surface area contributed by atoms with Crippen molar-refractivity contribution in [2.24, 2.45) is 0 Å². The van der Waals surface area contributed by atoms with Crippen molar-refractivity contribution in [3.05, 3.63) is 25.6 Å². The fraction of sp³-hybridized carbons (Fsp3) is 0.250. The van der Waals surface area contributed by atoms with Gasteiger partial charge in [-0.15, -0.1) is 0 Å². The second-order valence-electron chi connectivity index (χ2n) is 2.89. The topological polar surface area (TPSA) is 66.4 Å². The molecule has 0 amide bonds. The van der Waals surface area contributed by atoms with Crippen LogP contribution >= 0.6 is 47.8 Å². The Labute approximate surface area is 119 Å². The van der Waals surface area contributed by atoms with Crippen LogP contribution in [0.25, 0.3) is 0 Å². The summed E-state index contributed by atoms with van der Waals surface area (Å²) in [5.41, 5.74) is 0.414. The van der Waals surface area contributed by atoms with Crippen LogP contribution < -0.4 is 4.72 Å². The van der Waals surface area contributed by atoms with Gasteiger partial charge in [-0.1, -0.05) is 15.9 Å². The van der Waals surface area contributed by atoms with Crippen LogP contribution in [0, 0.1) is 0 Å². The number of rotatable bonds is 4. The zero-order valence-corrected chi connectivity index (χ0v) is 13.4. The predicted octanol–water partition coefficient (Wildman–Crippen LogP) is 2.71. The van der Waals surface area contributed by atoms with E-state index in [9.17, 15) is 8.42 Å². The molecule has 16 heavy (non-hydrogen) atoms. The smallest absolute Gasteiger partial charge is 0.235 e. The van der Waals surface area contributed by atoms with Crippen LogP contribution in [-0.4, -0.2) is 25.9 Å². The van der Waals surface area contributed by atoms with Crippen LogP contribution in [0.15, 0.2) is 25.6 Å². The zero-order chi connectivity index (χ0) is 12.3.